The molecule has 0 fully saturated rings. The molecule has 2 unspecified atom stereocenters. The molecule has 51 heavy (non-hydrogen) atoms. The molecular weight excluding hydrogens is 652 g/mol. The van der Waals surface area contributed by atoms with E-state index in [-0.39, 0.29) is 38.4 Å². The van der Waals surface area contributed by atoms with Gasteiger partial charge < -0.3 is 37.9 Å². The third kappa shape index (κ3) is 38.2. The summed E-state index contributed by atoms with van der Waals surface area (Å²) in [5.41, 5.74) is 0. The summed E-state index contributed by atoms with van der Waals surface area (Å²) < 4.78 is 45.7. The van der Waals surface area contributed by atoms with Crippen LogP contribution < -0.4 is 0 Å². The van der Waals surface area contributed by atoms with Crippen LogP contribution in [-0.4, -0.2) is 90.6 Å². The summed E-state index contributed by atoms with van der Waals surface area (Å²) in [6, 6.07) is 0. The van der Waals surface area contributed by atoms with Crippen LogP contribution in [0.4, 0.5) is 0 Å². The molecule has 0 saturated heterocycles. The fourth-order valence-electron chi connectivity index (χ4n) is 5.28. The molecule has 0 spiro atoms. The molecule has 304 valence electrons. The largest absolute Gasteiger partial charge is 0.463 e. The molecule has 2 atom stereocenters. The molecule has 0 rings (SSSR count). The van der Waals surface area contributed by atoms with E-state index in [4.69, 9.17) is 37.9 Å². The first-order chi connectivity index (χ1) is 25.1. The lowest BCUT2D eigenvalue weighted by atomic mass is 10.1. The Morgan fingerprint density at radius 2 is 0.667 bits per heavy atom. The van der Waals surface area contributed by atoms with E-state index in [9.17, 15) is 9.59 Å². The summed E-state index contributed by atoms with van der Waals surface area (Å²) in [4.78, 5) is 24.3. The van der Waals surface area contributed by atoms with Crippen molar-refractivity contribution in [2.24, 2.45) is 0 Å². The molecule has 0 aliphatic rings. The second kappa shape index (κ2) is 41.5. The second-order valence-corrected chi connectivity index (χ2v) is 13.4. The van der Waals surface area contributed by atoms with Crippen LogP contribution >= 0.6 is 0 Å². The normalized spacial score (nSPS) is 12.6. The Morgan fingerprint density at radius 1 is 0.353 bits per heavy atom. The SMILES string of the molecule is CCCCCCOCC(OCCCCCC)OCCOC(=O)CCCCCCCC(=O)OCCOC(COCCCCCC)OCCCCCC. The third-order valence-electron chi connectivity index (χ3n) is 8.46. The molecule has 10 nitrogen and oxygen atoms in total. The van der Waals surface area contributed by atoms with Gasteiger partial charge in [-0.3, -0.25) is 9.59 Å². The number of esters is 2. The van der Waals surface area contributed by atoms with Crippen molar-refractivity contribution in [3.63, 3.8) is 0 Å². The van der Waals surface area contributed by atoms with E-state index in [0.717, 1.165) is 70.6 Å². The summed E-state index contributed by atoms with van der Waals surface area (Å²) >= 11 is 0. The third-order valence-corrected chi connectivity index (χ3v) is 8.46. The van der Waals surface area contributed by atoms with Crippen LogP contribution in [0.1, 0.15) is 175 Å². The van der Waals surface area contributed by atoms with Crippen molar-refractivity contribution >= 4 is 11.9 Å². The van der Waals surface area contributed by atoms with Gasteiger partial charge in [-0.25, -0.2) is 0 Å². The number of hydrogen-bond acceptors (Lipinski definition) is 10. The molecule has 0 heterocycles. The number of ether oxygens (including phenoxy) is 8. The monoisotopic (exact) mass is 733 g/mol. The highest BCUT2D eigenvalue weighted by atomic mass is 16.7. The van der Waals surface area contributed by atoms with Crippen molar-refractivity contribution in [2.45, 2.75) is 188 Å². The topological polar surface area (TPSA) is 108 Å². The minimum absolute atomic E-state index is 0.206. The van der Waals surface area contributed by atoms with Crippen LogP contribution in [0.3, 0.4) is 0 Å². The minimum atomic E-state index is -0.436. The van der Waals surface area contributed by atoms with Gasteiger partial charge in [0.05, 0.1) is 26.4 Å². The highest BCUT2D eigenvalue weighted by molar-refractivity contribution is 5.69. The van der Waals surface area contributed by atoms with E-state index in [2.05, 4.69) is 27.7 Å². The first-order valence-electron chi connectivity index (χ1n) is 21.0. The smallest absolute Gasteiger partial charge is 0.305 e. The van der Waals surface area contributed by atoms with Gasteiger partial charge >= 0.3 is 11.9 Å². The van der Waals surface area contributed by atoms with Crippen LogP contribution in [0.15, 0.2) is 0 Å². The van der Waals surface area contributed by atoms with Crippen LogP contribution in [-0.2, 0) is 47.5 Å². The van der Waals surface area contributed by atoms with E-state index in [1.807, 2.05) is 0 Å². The molecule has 0 aliphatic carbocycles. The van der Waals surface area contributed by atoms with Gasteiger partial charge in [0.25, 0.3) is 0 Å². The lowest BCUT2D eigenvalue weighted by Crippen LogP contribution is -2.26. The minimum Gasteiger partial charge on any atom is -0.463 e. The zero-order valence-electron chi connectivity index (χ0n) is 33.6. The summed E-state index contributed by atoms with van der Waals surface area (Å²) in [6.45, 7) is 13.2. The Kier molecular flexibility index (Phi) is 40.4. The summed E-state index contributed by atoms with van der Waals surface area (Å²) in [5, 5.41) is 0. The number of hydrogen-bond donors (Lipinski definition) is 0. The molecule has 0 aromatic carbocycles. The molecular formula is C41H80O10. The van der Waals surface area contributed by atoms with Gasteiger partial charge in [-0.1, -0.05) is 124 Å². The first-order valence-corrected chi connectivity index (χ1v) is 21.0. The Hall–Kier alpha value is -1.30. The fourth-order valence-corrected chi connectivity index (χ4v) is 5.28. The maximum absolute atomic E-state index is 12.2. The van der Waals surface area contributed by atoms with Gasteiger partial charge in [-0.2, -0.15) is 0 Å². The highest BCUT2D eigenvalue weighted by Crippen LogP contribution is 2.10. The second-order valence-electron chi connectivity index (χ2n) is 13.4. The van der Waals surface area contributed by atoms with Crippen LogP contribution in [0.2, 0.25) is 0 Å². The molecule has 0 N–H and O–H groups in total. The molecule has 0 aromatic heterocycles. The molecule has 0 amide bonds. The molecule has 0 aromatic rings. The zero-order valence-corrected chi connectivity index (χ0v) is 33.6. The van der Waals surface area contributed by atoms with Gasteiger partial charge in [0.2, 0.25) is 0 Å². The van der Waals surface area contributed by atoms with Crippen molar-refractivity contribution in [2.75, 3.05) is 66.1 Å². The predicted molar refractivity (Wildman–Crippen MR) is 204 cm³/mol. The van der Waals surface area contributed by atoms with Gasteiger partial charge in [0.1, 0.15) is 13.2 Å². The van der Waals surface area contributed by atoms with E-state index >= 15 is 0 Å². The van der Waals surface area contributed by atoms with Crippen molar-refractivity contribution in [3.05, 3.63) is 0 Å². The molecule has 0 bridgehead atoms. The van der Waals surface area contributed by atoms with E-state index < -0.39 is 12.6 Å². The Labute approximate surface area is 313 Å². The van der Waals surface area contributed by atoms with Gasteiger partial charge in [0, 0.05) is 39.3 Å². The lowest BCUT2D eigenvalue weighted by molar-refractivity contribution is -0.181. The first kappa shape index (κ1) is 49.7. The highest BCUT2D eigenvalue weighted by Gasteiger charge is 2.13. The standard InChI is InChI=1S/C41H80O10/c1-5-9-13-22-28-44-36-40(48-30-24-15-11-7-3)50-34-32-46-38(42)26-20-18-17-19-21-27-39(43)47-33-35-51-41(49-31-25-16-12-8-4)37-45-29-23-14-10-6-2/h40-41H,5-37H2,1-4H3. The Morgan fingerprint density at radius 3 is 1.04 bits per heavy atom. The van der Waals surface area contributed by atoms with Crippen molar-refractivity contribution in [1.82, 2.24) is 0 Å². The maximum Gasteiger partial charge on any atom is 0.305 e. The molecule has 0 saturated carbocycles. The predicted octanol–water partition coefficient (Wildman–Crippen LogP) is 9.88. The van der Waals surface area contributed by atoms with Crippen molar-refractivity contribution in [3.8, 4) is 0 Å². The summed E-state index contributed by atoms with van der Waals surface area (Å²) in [7, 11) is 0. The van der Waals surface area contributed by atoms with E-state index in [1.165, 1.54) is 64.2 Å². The van der Waals surface area contributed by atoms with Crippen molar-refractivity contribution < 1.29 is 47.5 Å². The number of rotatable bonds is 42. The quantitative estimate of drug-likeness (QED) is 0.0342. The van der Waals surface area contributed by atoms with Gasteiger partial charge in [0.15, 0.2) is 12.6 Å². The summed E-state index contributed by atoms with van der Waals surface area (Å²) in [5.74, 6) is -0.424. The molecule has 0 aliphatic heterocycles. The van der Waals surface area contributed by atoms with Gasteiger partial charge in [-0.15, -0.1) is 0 Å². The van der Waals surface area contributed by atoms with Crippen LogP contribution in [0, 0.1) is 0 Å². The van der Waals surface area contributed by atoms with Gasteiger partial charge in [-0.05, 0) is 38.5 Å². The van der Waals surface area contributed by atoms with Crippen LogP contribution in [0.5, 0.6) is 0 Å². The van der Waals surface area contributed by atoms with E-state index in [0.29, 0.717) is 52.5 Å². The van der Waals surface area contributed by atoms with Crippen molar-refractivity contribution in [1.29, 1.82) is 0 Å². The molecule has 0 radical (unpaired) electrons. The van der Waals surface area contributed by atoms with E-state index in [1.54, 1.807) is 0 Å². The number of carbonyl (C=O) groups is 2. The fraction of sp³-hybridized carbons (Fsp3) is 0.951. The summed E-state index contributed by atoms with van der Waals surface area (Å²) in [6.07, 6.45) is 22.6. The maximum atomic E-state index is 12.2. The molecule has 10 heteroatoms. The van der Waals surface area contributed by atoms with Crippen LogP contribution in [0.25, 0.3) is 0 Å². The number of unbranched alkanes of at least 4 members (excludes halogenated alkanes) is 16. The number of carbonyl (C=O) groups excluding carboxylic acids is 2. The zero-order chi connectivity index (χ0) is 37.3. The Balaban J connectivity index is 3.97. The average Bonchev–Trinajstić information content (AvgIpc) is 3.13. The average molecular weight is 733 g/mol. The Bertz CT molecular complexity index is 665. The lowest BCUT2D eigenvalue weighted by Gasteiger charge is -2.19.